The first-order valence-corrected chi connectivity index (χ1v) is 8.89. The molecule has 0 unspecified atom stereocenters. The van der Waals surface area contributed by atoms with Gasteiger partial charge in [0.15, 0.2) is 5.69 Å². The van der Waals surface area contributed by atoms with Gasteiger partial charge in [-0.05, 0) is 37.3 Å². The second kappa shape index (κ2) is 7.19. The number of carbonyl (C=O) groups excluding carboxylic acids is 1. The van der Waals surface area contributed by atoms with Crippen molar-refractivity contribution in [1.82, 2.24) is 4.98 Å². The van der Waals surface area contributed by atoms with Crippen LogP contribution in [0.15, 0.2) is 68.1 Å². The van der Waals surface area contributed by atoms with Crippen LogP contribution in [-0.2, 0) is 4.79 Å². The van der Waals surface area contributed by atoms with Gasteiger partial charge in [0.2, 0.25) is 5.88 Å². The minimum absolute atomic E-state index is 0.108. The zero-order valence-electron chi connectivity index (χ0n) is 12.7. The number of benzene rings is 2. The molecule has 3 aromatic rings. The molecule has 0 aliphatic rings. The molecule has 1 heterocycles. The van der Waals surface area contributed by atoms with Crippen LogP contribution in [0.3, 0.4) is 0 Å². The van der Waals surface area contributed by atoms with E-state index < -0.39 is 0 Å². The Morgan fingerprint density at radius 2 is 2.00 bits per heavy atom. The summed E-state index contributed by atoms with van der Waals surface area (Å²) in [5, 5.41) is 18.0. The Kier molecular flexibility index (Phi) is 5.01. The van der Waals surface area contributed by atoms with Crippen LogP contribution in [-0.4, -0.2) is 21.2 Å². The molecule has 0 saturated heterocycles. The largest absolute Gasteiger partial charge is 0.493 e. The first-order chi connectivity index (χ1) is 11.5. The van der Waals surface area contributed by atoms with Gasteiger partial charge in [0.05, 0.1) is 10.8 Å². The summed E-state index contributed by atoms with van der Waals surface area (Å²) in [5.74, 6) is -0.462. The molecule has 1 aromatic heterocycles. The summed E-state index contributed by atoms with van der Waals surface area (Å²) < 4.78 is 0.852. The smallest absolute Gasteiger partial charge is 0.277 e. The molecule has 2 N–H and O–H groups in total. The maximum absolute atomic E-state index is 12.2. The summed E-state index contributed by atoms with van der Waals surface area (Å²) in [6, 6.07) is 15.1. The maximum Gasteiger partial charge on any atom is 0.277 e. The first-order valence-electron chi connectivity index (χ1n) is 7.22. The van der Waals surface area contributed by atoms with Crippen LogP contribution >= 0.6 is 27.7 Å². The number of thioether (sulfide) groups is 1. The molecule has 1 amide bonds. The van der Waals surface area contributed by atoms with Crippen LogP contribution < -0.4 is 0 Å². The number of rotatable bonds is 4. The van der Waals surface area contributed by atoms with Gasteiger partial charge in [-0.3, -0.25) is 4.79 Å². The van der Waals surface area contributed by atoms with E-state index in [2.05, 4.69) is 31.1 Å². The zero-order chi connectivity index (χ0) is 17.1. The summed E-state index contributed by atoms with van der Waals surface area (Å²) in [6.45, 7) is 1.78. The molecule has 7 heteroatoms. The number of H-pyrrole nitrogens is 1. The van der Waals surface area contributed by atoms with E-state index in [1.807, 2.05) is 48.5 Å². The monoisotopic (exact) mass is 403 g/mol. The number of azo groups is 1. The minimum atomic E-state index is -0.366. The van der Waals surface area contributed by atoms with E-state index in [1.165, 1.54) is 11.8 Å². The molecule has 5 nitrogen and oxygen atoms in total. The van der Waals surface area contributed by atoms with Gasteiger partial charge in [0.25, 0.3) is 5.91 Å². The van der Waals surface area contributed by atoms with Crippen LogP contribution in [0.2, 0.25) is 0 Å². The van der Waals surface area contributed by atoms with Crippen molar-refractivity contribution in [2.45, 2.75) is 17.1 Å². The standard InChI is InChI=1S/C17H14BrN3O2S/c1-10(24-12-5-3-2-4-6-12)16(22)21-20-15-13-9-11(18)7-8-14(13)19-17(15)23/h2-10,19,23H,1H3/t10-/m1/s1. The molecule has 2 aromatic carbocycles. The second-order valence-corrected chi connectivity index (χ2v) is 7.45. The van der Waals surface area contributed by atoms with E-state index in [0.29, 0.717) is 5.39 Å². The predicted octanol–water partition coefficient (Wildman–Crippen LogP) is 5.43. The third-order valence-electron chi connectivity index (χ3n) is 3.37. The van der Waals surface area contributed by atoms with Crippen molar-refractivity contribution in [2.75, 3.05) is 0 Å². The minimum Gasteiger partial charge on any atom is -0.493 e. The van der Waals surface area contributed by atoms with Crippen molar-refractivity contribution in [3.05, 3.63) is 53.0 Å². The van der Waals surface area contributed by atoms with E-state index >= 15 is 0 Å². The number of carbonyl (C=O) groups is 1. The third kappa shape index (κ3) is 3.68. The van der Waals surface area contributed by atoms with Crippen LogP contribution in [0.25, 0.3) is 10.9 Å². The Balaban J connectivity index is 1.79. The number of aromatic amines is 1. The first kappa shape index (κ1) is 16.7. The number of fused-ring (bicyclic) bond motifs is 1. The lowest BCUT2D eigenvalue weighted by Gasteiger charge is -2.05. The number of amides is 1. The molecule has 0 radical (unpaired) electrons. The van der Waals surface area contributed by atoms with Gasteiger partial charge in [-0.1, -0.05) is 34.1 Å². The molecular weight excluding hydrogens is 390 g/mol. The highest BCUT2D eigenvalue weighted by Gasteiger charge is 2.15. The summed E-state index contributed by atoms with van der Waals surface area (Å²) in [4.78, 5) is 16.0. The molecule has 0 saturated carbocycles. The Hall–Kier alpha value is -2.12. The van der Waals surface area contributed by atoms with Gasteiger partial charge in [-0.2, -0.15) is 0 Å². The van der Waals surface area contributed by atoms with Crippen molar-refractivity contribution in [2.24, 2.45) is 10.2 Å². The fraction of sp³-hybridized carbons (Fsp3) is 0.118. The summed E-state index contributed by atoms with van der Waals surface area (Å²) >= 11 is 4.80. The lowest BCUT2D eigenvalue weighted by molar-refractivity contribution is -0.117. The summed E-state index contributed by atoms with van der Waals surface area (Å²) in [6.07, 6.45) is 0. The lowest BCUT2D eigenvalue weighted by atomic mass is 10.2. The van der Waals surface area contributed by atoms with Gasteiger partial charge in [-0.15, -0.1) is 22.0 Å². The van der Waals surface area contributed by atoms with Crippen molar-refractivity contribution in [3.63, 3.8) is 0 Å². The fourth-order valence-corrected chi connectivity index (χ4v) is 3.40. The fourth-order valence-electron chi connectivity index (χ4n) is 2.17. The van der Waals surface area contributed by atoms with Gasteiger partial charge >= 0.3 is 0 Å². The van der Waals surface area contributed by atoms with Gasteiger partial charge in [-0.25, -0.2) is 0 Å². The number of hydrogen-bond donors (Lipinski definition) is 2. The second-order valence-electron chi connectivity index (χ2n) is 5.12. The molecule has 0 fully saturated rings. The van der Waals surface area contributed by atoms with Gasteiger partial charge in [0.1, 0.15) is 0 Å². The van der Waals surface area contributed by atoms with Gasteiger partial charge in [0, 0.05) is 14.8 Å². The quantitative estimate of drug-likeness (QED) is 0.450. The number of aromatic hydroxyl groups is 1. The van der Waals surface area contributed by atoms with Crippen LogP contribution in [0, 0.1) is 0 Å². The lowest BCUT2D eigenvalue weighted by Crippen LogP contribution is -2.09. The Morgan fingerprint density at radius 1 is 1.25 bits per heavy atom. The van der Waals surface area contributed by atoms with E-state index in [-0.39, 0.29) is 22.7 Å². The summed E-state index contributed by atoms with van der Waals surface area (Å²) in [5.41, 5.74) is 0.986. The molecule has 24 heavy (non-hydrogen) atoms. The van der Waals surface area contributed by atoms with E-state index in [1.54, 1.807) is 6.92 Å². The van der Waals surface area contributed by atoms with Crippen LogP contribution in [0.5, 0.6) is 5.88 Å². The molecule has 0 aliphatic heterocycles. The molecule has 122 valence electrons. The van der Waals surface area contributed by atoms with Gasteiger partial charge < -0.3 is 10.1 Å². The summed E-state index contributed by atoms with van der Waals surface area (Å²) in [7, 11) is 0. The third-order valence-corrected chi connectivity index (χ3v) is 4.96. The Labute approximate surface area is 151 Å². The number of nitrogens with zero attached hydrogens (tertiary/aromatic N) is 2. The van der Waals surface area contributed by atoms with E-state index in [4.69, 9.17) is 0 Å². The van der Waals surface area contributed by atoms with Crippen molar-refractivity contribution in [3.8, 4) is 5.88 Å². The maximum atomic E-state index is 12.2. The molecule has 3 rings (SSSR count). The number of nitrogens with one attached hydrogen (secondary N) is 1. The van der Waals surface area contributed by atoms with Crippen LogP contribution in [0.4, 0.5) is 5.69 Å². The molecular formula is C17H14BrN3O2S. The molecule has 1 atom stereocenters. The van der Waals surface area contributed by atoms with Crippen LogP contribution in [0.1, 0.15) is 6.92 Å². The normalized spacial score (nSPS) is 12.8. The average Bonchev–Trinajstić information content (AvgIpc) is 2.88. The number of aromatic nitrogens is 1. The molecule has 0 aliphatic carbocycles. The average molecular weight is 404 g/mol. The van der Waals surface area contributed by atoms with E-state index in [9.17, 15) is 9.90 Å². The Morgan fingerprint density at radius 3 is 2.75 bits per heavy atom. The topological polar surface area (TPSA) is 77.8 Å². The Bertz CT molecular complexity index is 909. The highest BCUT2D eigenvalue weighted by Crippen LogP contribution is 2.37. The van der Waals surface area contributed by atoms with Crippen molar-refractivity contribution >= 4 is 50.2 Å². The van der Waals surface area contributed by atoms with E-state index in [0.717, 1.165) is 14.9 Å². The zero-order valence-corrected chi connectivity index (χ0v) is 15.1. The highest BCUT2D eigenvalue weighted by molar-refractivity contribution is 9.10. The molecule has 0 bridgehead atoms. The van der Waals surface area contributed by atoms with Crippen molar-refractivity contribution < 1.29 is 9.90 Å². The number of halogens is 1. The predicted molar refractivity (Wildman–Crippen MR) is 98.9 cm³/mol. The SMILES string of the molecule is C[C@@H](Sc1ccccc1)C(=O)N=Nc1c(O)[nH]c2ccc(Br)cc12. The highest BCUT2D eigenvalue weighted by atomic mass is 79.9. The number of hydrogen-bond acceptors (Lipinski definition) is 4. The van der Waals surface area contributed by atoms with Crippen molar-refractivity contribution in [1.29, 1.82) is 0 Å². The molecule has 0 spiro atoms.